The van der Waals surface area contributed by atoms with Gasteiger partial charge in [-0.25, -0.2) is 9.78 Å². The molecule has 0 bridgehead atoms. The molecule has 136 valence electrons. The van der Waals surface area contributed by atoms with E-state index in [2.05, 4.69) is 11.1 Å². The first-order valence-electron chi connectivity index (χ1n) is 8.95. The van der Waals surface area contributed by atoms with Gasteiger partial charge in [0, 0.05) is 11.8 Å². The van der Waals surface area contributed by atoms with Crippen LogP contribution in [0, 0.1) is 11.3 Å². The number of fused-ring (bicyclic) bond motifs is 1. The summed E-state index contributed by atoms with van der Waals surface area (Å²) in [6.45, 7) is 2.15. The maximum absolute atomic E-state index is 11.8. The molecule has 0 spiro atoms. The maximum atomic E-state index is 11.8. The number of benzene rings is 2. The smallest absolute Gasteiger partial charge is 0.338 e. The molecular formula is C23H17N3O2. The summed E-state index contributed by atoms with van der Waals surface area (Å²) in [6, 6.07) is 20.9. The highest BCUT2D eigenvalue weighted by molar-refractivity contribution is 5.90. The molecule has 0 saturated heterocycles. The monoisotopic (exact) mass is 367 g/mol. The van der Waals surface area contributed by atoms with Gasteiger partial charge in [0.2, 0.25) is 0 Å². The van der Waals surface area contributed by atoms with E-state index in [-0.39, 0.29) is 5.97 Å². The summed E-state index contributed by atoms with van der Waals surface area (Å²) >= 11 is 0. The summed E-state index contributed by atoms with van der Waals surface area (Å²) in [4.78, 5) is 16.3. The Morgan fingerprint density at radius 1 is 1.00 bits per heavy atom. The molecule has 0 aliphatic carbocycles. The van der Waals surface area contributed by atoms with E-state index in [1.807, 2.05) is 53.2 Å². The first-order valence-corrected chi connectivity index (χ1v) is 8.95. The molecule has 4 rings (SSSR count). The number of ether oxygens (including phenoxy) is 1. The van der Waals surface area contributed by atoms with E-state index >= 15 is 0 Å². The van der Waals surface area contributed by atoms with E-state index in [1.54, 1.807) is 31.2 Å². The van der Waals surface area contributed by atoms with Crippen LogP contribution in [0.5, 0.6) is 0 Å². The van der Waals surface area contributed by atoms with Crippen molar-refractivity contribution < 1.29 is 9.53 Å². The van der Waals surface area contributed by atoms with Gasteiger partial charge in [-0.1, -0.05) is 24.3 Å². The van der Waals surface area contributed by atoms with Gasteiger partial charge in [0.05, 0.1) is 35.7 Å². The molecule has 0 saturated carbocycles. The Kier molecular flexibility index (Phi) is 4.61. The Morgan fingerprint density at radius 2 is 1.68 bits per heavy atom. The van der Waals surface area contributed by atoms with Gasteiger partial charge in [0.15, 0.2) is 0 Å². The van der Waals surface area contributed by atoms with Crippen LogP contribution in [0.3, 0.4) is 0 Å². The summed E-state index contributed by atoms with van der Waals surface area (Å²) in [5.74, 6) is -0.317. The molecule has 2 aromatic carbocycles. The van der Waals surface area contributed by atoms with Gasteiger partial charge in [0.25, 0.3) is 0 Å². The Hall–Kier alpha value is -3.91. The van der Waals surface area contributed by atoms with Crippen molar-refractivity contribution >= 4 is 11.6 Å². The summed E-state index contributed by atoms with van der Waals surface area (Å²) in [5, 5.41) is 8.98. The third-order valence-corrected chi connectivity index (χ3v) is 4.54. The molecular weight excluding hydrogens is 350 g/mol. The average molecular weight is 367 g/mol. The molecule has 0 N–H and O–H groups in total. The molecule has 0 unspecified atom stereocenters. The summed E-state index contributed by atoms with van der Waals surface area (Å²) in [5.41, 5.74) is 5.94. The van der Waals surface area contributed by atoms with Crippen molar-refractivity contribution in [3.05, 3.63) is 84.2 Å². The number of carbonyl (C=O) groups excluding carboxylic acids is 1. The van der Waals surface area contributed by atoms with Crippen LogP contribution in [-0.4, -0.2) is 22.0 Å². The van der Waals surface area contributed by atoms with E-state index in [1.165, 1.54) is 0 Å². The molecule has 28 heavy (non-hydrogen) atoms. The Labute approximate surface area is 162 Å². The zero-order valence-corrected chi connectivity index (χ0v) is 15.3. The summed E-state index contributed by atoms with van der Waals surface area (Å²) in [6.07, 6.45) is 3.85. The quantitative estimate of drug-likeness (QED) is 0.490. The average Bonchev–Trinajstić information content (AvgIpc) is 3.17. The lowest BCUT2D eigenvalue weighted by Crippen LogP contribution is -2.04. The SMILES string of the molecule is CCOC(=O)c1ccc(-c2ccc3ncc(-c4ccc(C#N)cc4)n3c2)cc1. The number of esters is 1. The second-order valence-electron chi connectivity index (χ2n) is 6.28. The van der Waals surface area contributed by atoms with Crippen LogP contribution in [0.2, 0.25) is 0 Å². The minimum atomic E-state index is -0.317. The van der Waals surface area contributed by atoms with Crippen molar-refractivity contribution in [2.75, 3.05) is 6.61 Å². The van der Waals surface area contributed by atoms with E-state index in [0.29, 0.717) is 17.7 Å². The highest BCUT2D eigenvalue weighted by atomic mass is 16.5. The summed E-state index contributed by atoms with van der Waals surface area (Å²) in [7, 11) is 0. The molecule has 2 aromatic heterocycles. The minimum absolute atomic E-state index is 0.317. The van der Waals surface area contributed by atoms with Crippen LogP contribution < -0.4 is 0 Å². The predicted octanol–water partition coefficient (Wildman–Crippen LogP) is 4.72. The van der Waals surface area contributed by atoms with Crippen molar-refractivity contribution in [2.24, 2.45) is 0 Å². The van der Waals surface area contributed by atoms with Crippen LogP contribution in [0.1, 0.15) is 22.8 Å². The first-order chi connectivity index (χ1) is 13.7. The molecule has 0 aliphatic rings. The molecule has 5 nitrogen and oxygen atoms in total. The number of carbonyl (C=O) groups is 1. The highest BCUT2D eigenvalue weighted by Crippen LogP contribution is 2.26. The lowest BCUT2D eigenvalue weighted by Gasteiger charge is -2.07. The third-order valence-electron chi connectivity index (χ3n) is 4.54. The van der Waals surface area contributed by atoms with Crippen molar-refractivity contribution in [3.63, 3.8) is 0 Å². The van der Waals surface area contributed by atoms with E-state index < -0.39 is 0 Å². The van der Waals surface area contributed by atoms with Gasteiger partial charge in [-0.2, -0.15) is 5.26 Å². The summed E-state index contributed by atoms with van der Waals surface area (Å²) < 4.78 is 7.05. The fourth-order valence-corrected chi connectivity index (χ4v) is 3.09. The molecule has 2 heterocycles. The normalized spacial score (nSPS) is 10.6. The number of pyridine rings is 1. The molecule has 0 radical (unpaired) electrons. The maximum Gasteiger partial charge on any atom is 0.338 e. The predicted molar refractivity (Wildman–Crippen MR) is 107 cm³/mol. The second kappa shape index (κ2) is 7.37. The van der Waals surface area contributed by atoms with Crippen LogP contribution in [0.15, 0.2) is 73.1 Å². The number of nitrogens with zero attached hydrogens (tertiary/aromatic N) is 3. The van der Waals surface area contributed by atoms with Gasteiger partial charge >= 0.3 is 5.97 Å². The number of hydrogen-bond acceptors (Lipinski definition) is 4. The lowest BCUT2D eigenvalue weighted by atomic mass is 10.1. The molecule has 0 aliphatic heterocycles. The number of rotatable bonds is 4. The number of imidazole rings is 1. The third kappa shape index (κ3) is 3.24. The Morgan fingerprint density at radius 3 is 2.36 bits per heavy atom. The van der Waals surface area contributed by atoms with Gasteiger partial charge in [-0.05, 0) is 54.4 Å². The minimum Gasteiger partial charge on any atom is -0.462 e. The van der Waals surface area contributed by atoms with Crippen LogP contribution in [0.25, 0.3) is 28.0 Å². The van der Waals surface area contributed by atoms with Crippen LogP contribution in [0.4, 0.5) is 0 Å². The largest absolute Gasteiger partial charge is 0.462 e. The number of hydrogen-bond donors (Lipinski definition) is 0. The van der Waals surface area contributed by atoms with Gasteiger partial charge in [-0.3, -0.25) is 4.40 Å². The van der Waals surface area contributed by atoms with Crippen LogP contribution >= 0.6 is 0 Å². The zero-order valence-electron chi connectivity index (χ0n) is 15.3. The Bertz CT molecular complexity index is 1180. The van der Waals surface area contributed by atoms with Crippen molar-refractivity contribution in [1.82, 2.24) is 9.38 Å². The van der Waals surface area contributed by atoms with E-state index in [9.17, 15) is 4.79 Å². The first kappa shape index (κ1) is 17.5. The molecule has 0 atom stereocenters. The van der Waals surface area contributed by atoms with Gasteiger partial charge in [-0.15, -0.1) is 0 Å². The van der Waals surface area contributed by atoms with Gasteiger partial charge in [0.1, 0.15) is 5.65 Å². The van der Waals surface area contributed by atoms with Crippen LogP contribution in [-0.2, 0) is 4.74 Å². The standard InChI is InChI=1S/C23H17N3O2/c1-2-28-23(27)19-9-7-17(8-10-19)20-11-12-22-25-14-21(26(22)15-20)18-5-3-16(13-24)4-6-18/h3-12,14-15H,2H2,1H3. The van der Waals surface area contributed by atoms with Crippen molar-refractivity contribution in [1.29, 1.82) is 5.26 Å². The van der Waals surface area contributed by atoms with E-state index in [0.717, 1.165) is 28.0 Å². The van der Waals surface area contributed by atoms with Crippen molar-refractivity contribution in [2.45, 2.75) is 6.92 Å². The van der Waals surface area contributed by atoms with E-state index in [4.69, 9.17) is 10.00 Å². The molecule has 0 amide bonds. The highest BCUT2D eigenvalue weighted by Gasteiger charge is 2.09. The number of aromatic nitrogens is 2. The van der Waals surface area contributed by atoms with Gasteiger partial charge < -0.3 is 4.74 Å². The topological polar surface area (TPSA) is 67.4 Å². The molecule has 5 heteroatoms. The molecule has 0 fully saturated rings. The van der Waals surface area contributed by atoms with Crippen molar-refractivity contribution in [3.8, 4) is 28.5 Å². The fraction of sp³-hybridized carbons (Fsp3) is 0.0870. The Balaban J connectivity index is 1.71. The second-order valence-corrected chi connectivity index (χ2v) is 6.28. The fourth-order valence-electron chi connectivity index (χ4n) is 3.09. The zero-order chi connectivity index (χ0) is 19.5. The lowest BCUT2D eigenvalue weighted by molar-refractivity contribution is 0.0526. The molecule has 4 aromatic rings. The number of nitriles is 1.